The lowest BCUT2D eigenvalue weighted by atomic mass is 9.52. The number of hydrogen-bond acceptors (Lipinski definition) is 7. The molecule has 0 saturated heterocycles. The number of ether oxygens (including phenoxy) is 5. The van der Waals surface area contributed by atoms with Gasteiger partial charge in [-0.1, -0.05) is 68.0 Å². The second kappa shape index (κ2) is 16.9. The van der Waals surface area contributed by atoms with E-state index in [1.54, 1.807) is 14.2 Å². The van der Waals surface area contributed by atoms with Crippen molar-refractivity contribution < 1.29 is 33.6 Å². The fourth-order valence-corrected chi connectivity index (χ4v) is 7.66. The molecular weight excluding hydrogens is 580 g/mol. The zero-order chi connectivity index (χ0) is 33.3. The number of fused-ring (bicyclic) bond motifs is 3. The van der Waals surface area contributed by atoms with Gasteiger partial charge in [0.1, 0.15) is 12.5 Å². The Morgan fingerprint density at radius 1 is 1.00 bits per heavy atom. The van der Waals surface area contributed by atoms with E-state index in [-0.39, 0.29) is 54.6 Å². The molecule has 0 amide bonds. The summed E-state index contributed by atoms with van der Waals surface area (Å²) in [6, 6.07) is 7.90. The smallest absolute Gasteiger partial charge is 0.313 e. The quantitative estimate of drug-likeness (QED) is 0.179. The Balaban J connectivity index is 1.60. The van der Waals surface area contributed by atoms with E-state index in [0.29, 0.717) is 13.2 Å². The van der Waals surface area contributed by atoms with Crippen LogP contribution in [-0.2, 0) is 30.3 Å². The van der Waals surface area contributed by atoms with Crippen LogP contribution >= 0.6 is 0 Å². The fraction of sp³-hybridized carbons (Fsp3) is 0.615. The highest BCUT2D eigenvalue weighted by molar-refractivity contribution is 5.79. The Morgan fingerprint density at radius 2 is 1.74 bits per heavy atom. The van der Waals surface area contributed by atoms with E-state index in [9.17, 15) is 9.90 Å². The van der Waals surface area contributed by atoms with Crippen LogP contribution in [0.4, 0.5) is 0 Å². The molecule has 1 N–H and O–H groups in total. The first-order chi connectivity index (χ1) is 22.1. The van der Waals surface area contributed by atoms with E-state index in [4.69, 9.17) is 23.7 Å². The van der Waals surface area contributed by atoms with E-state index in [0.717, 1.165) is 54.6 Å². The van der Waals surface area contributed by atoms with Crippen LogP contribution < -0.4 is 4.74 Å². The first-order valence-electron chi connectivity index (χ1n) is 17.0. The Labute approximate surface area is 276 Å². The van der Waals surface area contributed by atoms with Gasteiger partial charge >= 0.3 is 5.97 Å². The van der Waals surface area contributed by atoms with Crippen LogP contribution in [-0.4, -0.2) is 57.0 Å². The molecule has 1 fully saturated rings. The Morgan fingerprint density at radius 3 is 2.46 bits per heavy atom. The summed E-state index contributed by atoms with van der Waals surface area (Å²) in [5, 5.41) is 11.2. The molecule has 7 nitrogen and oxygen atoms in total. The van der Waals surface area contributed by atoms with E-state index in [1.165, 1.54) is 0 Å². The van der Waals surface area contributed by atoms with Crippen LogP contribution in [0.1, 0.15) is 72.3 Å². The summed E-state index contributed by atoms with van der Waals surface area (Å²) >= 11 is 0. The number of rotatable bonds is 8. The minimum Gasteiger partial charge on any atom is -0.497 e. The van der Waals surface area contributed by atoms with Crippen molar-refractivity contribution >= 4 is 5.97 Å². The third kappa shape index (κ3) is 8.60. The maximum Gasteiger partial charge on any atom is 0.313 e. The van der Waals surface area contributed by atoms with Crippen molar-refractivity contribution in [2.75, 3.05) is 27.6 Å². The highest BCUT2D eigenvalue weighted by atomic mass is 16.7. The summed E-state index contributed by atoms with van der Waals surface area (Å²) in [5.41, 5.74) is 2.49. The van der Waals surface area contributed by atoms with Crippen LogP contribution in [0.15, 0.2) is 71.9 Å². The van der Waals surface area contributed by atoms with Gasteiger partial charge in [0.15, 0.2) is 0 Å². The number of benzene rings is 1. The van der Waals surface area contributed by atoms with Crippen molar-refractivity contribution in [2.24, 2.45) is 35.0 Å². The van der Waals surface area contributed by atoms with Crippen molar-refractivity contribution in [1.29, 1.82) is 0 Å². The zero-order valence-electron chi connectivity index (χ0n) is 28.9. The summed E-state index contributed by atoms with van der Waals surface area (Å²) in [4.78, 5) is 14.1. The van der Waals surface area contributed by atoms with Gasteiger partial charge in [0.05, 0.1) is 44.1 Å². The molecule has 1 aliphatic heterocycles. The van der Waals surface area contributed by atoms with Gasteiger partial charge in [0.2, 0.25) is 0 Å². The van der Waals surface area contributed by atoms with Crippen molar-refractivity contribution in [1.82, 2.24) is 0 Å². The van der Waals surface area contributed by atoms with Crippen molar-refractivity contribution in [3.8, 4) is 5.75 Å². The molecular formula is C39H56O7. The molecule has 0 bridgehead atoms. The molecule has 0 unspecified atom stereocenters. The van der Waals surface area contributed by atoms with Crippen LogP contribution in [0.25, 0.3) is 0 Å². The maximum atomic E-state index is 14.1. The van der Waals surface area contributed by atoms with Gasteiger partial charge in [0.25, 0.3) is 0 Å². The van der Waals surface area contributed by atoms with E-state index < -0.39 is 11.5 Å². The lowest BCUT2D eigenvalue weighted by Gasteiger charge is -2.52. The number of carbonyl (C=O) groups excluding carboxylic acids is 1. The molecule has 0 aromatic heterocycles. The number of cyclic esters (lactones) is 1. The van der Waals surface area contributed by atoms with Crippen molar-refractivity contribution in [3.05, 3.63) is 77.4 Å². The largest absolute Gasteiger partial charge is 0.497 e. The van der Waals surface area contributed by atoms with Gasteiger partial charge in [0, 0.05) is 24.9 Å². The number of carbonyl (C=O) groups is 1. The third-order valence-electron chi connectivity index (χ3n) is 10.4. The molecule has 0 spiro atoms. The average Bonchev–Trinajstić information content (AvgIpc) is 3.04. The molecule has 1 saturated carbocycles. The highest BCUT2D eigenvalue weighted by Crippen LogP contribution is 2.55. The van der Waals surface area contributed by atoms with Crippen LogP contribution in [0, 0.1) is 35.0 Å². The number of allylic oxidation sites excluding steroid dienone is 5. The molecule has 7 heteroatoms. The Hall–Kier alpha value is -2.71. The first kappa shape index (κ1) is 36.1. The van der Waals surface area contributed by atoms with Crippen LogP contribution in [0.2, 0.25) is 0 Å². The van der Waals surface area contributed by atoms with Crippen molar-refractivity contribution in [2.45, 2.75) is 91.6 Å². The van der Waals surface area contributed by atoms with Gasteiger partial charge in [-0.3, -0.25) is 4.79 Å². The normalized spacial score (nSPS) is 36.7. The molecule has 0 radical (unpaired) electrons. The van der Waals surface area contributed by atoms with Gasteiger partial charge in [-0.2, -0.15) is 0 Å². The SMILES string of the molecule is COCO[C@H]1/C(COCc2ccc(OC)cc2)=C/CCC[C@@H](C)OC(=O)[C@@]2(C)[C@@H](/C=C/C=C/[C@@H]1C)C(C)=C[C@H]1[C@H](O)[C@@H](C)CC[C@@H]12. The summed E-state index contributed by atoms with van der Waals surface area (Å²) in [6.07, 6.45) is 16.2. The predicted molar refractivity (Wildman–Crippen MR) is 181 cm³/mol. The Kier molecular flexibility index (Phi) is 13.3. The Bertz CT molecular complexity index is 1250. The number of esters is 1. The molecule has 9 atom stereocenters. The van der Waals surface area contributed by atoms with Gasteiger partial charge in [-0.15, -0.1) is 0 Å². The molecule has 1 aromatic rings. The lowest BCUT2D eigenvalue weighted by molar-refractivity contribution is -0.172. The van der Waals surface area contributed by atoms with Crippen molar-refractivity contribution in [3.63, 3.8) is 0 Å². The second-order valence-electron chi connectivity index (χ2n) is 13.8. The van der Waals surface area contributed by atoms with Crippen LogP contribution in [0.5, 0.6) is 5.75 Å². The van der Waals surface area contributed by atoms with E-state index in [1.807, 2.05) is 31.2 Å². The van der Waals surface area contributed by atoms with Crippen LogP contribution in [0.3, 0.4) is 0 Å². The van der Waals surface area contributed by atoms with Gasteiger partial charge in [-0.05, 0) is 88.0 Å². The lowest BCUT2D eigenvalue weighted by Crippen LogP contribution is -2.54. The average molecular weight is 637 g/mol. The number of aliphatic hydroxyl groups excluding tert-OH is 1. The predicted octanol–water partition coefficient (Wildman–Crippen LogP) is 7.60. The van der Waals surface area contributed by atoms with E-state index >= 15 is 0 Å². The molecule has 46 heavy (non-hydrogen) atoms. The van der Waals surface area contributed by atoms with Gasteiger partial charge < -0.3 is 28.8 Å². The zero-order valence-corrected chi connectivity index (χ0v) is 28.9. The summed E-state index contributed by atoms with van der Waals surface area (Å²) < 4.78 is 29.3. The summed E-state index contributed by atoms with van der Waals surface area (Å²) in [6.45, 7) is 11.5. The molecule has 2 aliphatic carbocycles. The molecule has 1 aromatic carbocycles. The number of aliphatic hydroxyl groups is 1. The standard InChI is InChI=1S/C39H56O7/c1-26-16-21-35-33(36(26)40)22-28(3)34-15-11-8-12-27(2)37(45-25-42-6)31(24-44-23-30-17-19-32(43-7)20-18-30)14-10-9-13-29(4)46-38(41)39(34,35)5/h8,11-12,14-15,17-20,22,26-27,29,33-37,40H,9-10,13,16,21,23-25H2,1-7H3/b12-8+,15-11+,31-14+/t26-,27-,29+,33+,34-,35-,36+,37+,39-/m0/s1. The summed E-state index contributed by atoms with van der Waals surface area (Å²) in [5.74, 6) is 0.776. The summed E-state index contributed by atoms with van der Waals surface area (Å²) in [7, 11) is 3.30. The maximum absolute atomic E-state index is 14.1. The minimum absolute atomic E-state index is 0.0220. The van der Waals surface area contributed by atoms with Gasteiger partial charge in [-0.25, -0.2) is 0 Å². The topological polar surface area (TPSA) is 83.5 Å². The second-order valence-corrected chi connectivity index (χ2v) is 13.8. The highest BCUT2D eigenvalue weighted by Gasteiger charge is 2.56. The third-order valence-corrected chi connectivity index (χ3v) is 10.4. The fourth-order valence-electron chi connectivity index (χ4n) is 7.66. The monoisotopic (exact) mass is 636 g/mol. The number of methoxy groups -OCH3 is 2. The van der Waals surface area contributed by atoms with E-state index in [2.05, 4.69) is 64.2 Å². The molecule has 4 rings (SSSR count). The first-order valence-corrected chi connectivity index (χ1v) is 17.0. The molecule has 3 aliphatic rings. The minimum atomic E-state index is -0.760. The molecule has 1 heterocycles. The number of hydrogen-bond donors (Lipinski definition) is 1. The molecule has 254 valence electrons.